The van der Waals surface area contributed by atoms with Gasteiger partial charge in [0, 0.05) is 12.5 Å². The van der Waals surface area contributed by atoms with Crippen LogP contribution in [0.4, 0.5) is 0 Å². The fourth-order valence-electron chi connectivity index (χ4n) is 1.91. The van der Waals surface area contributed by atoms with Crippen LogP contribution in [-0.2, 0) is 6.54 Å². The van der Waals surface area contributed by atoms with Crippen LogP contribution in [0.3, 0.4) is 0 Å². The Morgan fingerprint density at radius 1 is 1.54 bits per heavy atom. The number of nitrogens with zero attached hydrogens (tertiary/aromatic N) is 3. The Hall–Kier alpha value is -0.900. The summed E-state index contributed by atoms with van der Waals surface area (Å²) < 4.78 is 2.01. The highest BCUT2D eigenvalue weighted by Crippen LogP contribution is 2.22. The molecule has 1 aromatic heterocycles. The minimum Gasteiger partial charge on any atom is -0.317 e. The van der Waals surface area contributed by atoms with E-state index in [4.69, 9.17) is 0 Å². The molecule has 0 unspecified atom stereocenters. The normalized spacial score (nSPS) is 19.2. The summed E-state index contributed by atoms with van der Waals surface area (Å²) in [7, 11) is 0. The van der Waals surface area contributed by atoms with Gasteiger partial charge in [-0.05, 0) is 32.9 Å². The van der Waals surface area contributed by atoms with Gasteiger partial charge in [-0.3, -0.25) is 4.68 Å². The standard InChI is InChI=1S/C9H16N4/c1-2-13-9(11-7-12-13)8-3-5-10-6-4-8/h7-8,10H,2-6H2,1H3. The molecule has 1 aliphatic rings. The van der Waals surface area contributed by atoms with Gasteiger partial charge in [0.25, 0.3) is 0 Å². The molecule has 72 valence electrons. The summed E-state index contributed by atoms with van der Waals surface area (Å²) in [6.07, 6.45) is 4.05. The third-order valence-corrected chi connectivity index (χ3v) is 2.65. The maximum absolute atomic E-state index is 4.33. The van der Waals surface area contributed by atoms with E-state index in [1.807, 2.05) is 4.68 Å². The maximum Gasteiger partial charge on any atom is 0.138 e. The largest absolute Gasteiger partial charge is 0.317 e. The minimum atomic E-state index is 0.615. The van der Waals surface area contributed by atoms with Gasteiger partial charge in [-0.25, -0.2) is 4.98 Å². The van der Waals surface area contributed by atoms with Crippen molar-refractivity contribution in [2.45, 2.75) is 32.2 Å². The Morgan fingerprint density at radius 2 is 2.31 bits per heavy atom. The number of rotatable bonds is 2. The second kappa shape index (κ2) is 3.87. The van der Waals surface area contributed by atoms with Crippen LogP contribution in [0.25, 0.3) is 0 Å². The molecule has 0 spiro atoms. The van der Waals surface area contributed by atoms with Crippen LogP contribution in [0, 0.1) is 0 Å². The Kier molecular flexibility index (Phi) is 2.59. The molecule has 0 bridgehead atoms. The zero-order chi connectivity index (χ0) is 9.10. The molecule has 0 atom stereocenters. The van der Waals surface area contributed by atoms with Crippen molar-refractivity contribution < 1.29 is 0 Å². The molecule has 1 fully saturated rings. The minimum absolute atomic E-state index is 0.615. The van der Waals surface area contributed by atoms with E-state index in [1.54, 1.807) is 6.33 Å². The average Bonchev–Trinajstić information content (AvgIpc) is 2.67. The van der Waals surface area contributed by atoms with Crippen molar-refractivity contribution in [1.29, 1.82) is 0 Å². The van der Waals surface area contributed by atoms with Crippen LogP contribution < -0.4 is 5.32 Å². The summed E-state index contributed by atoms with van der Waals surface area (Å²) in [6, 6.07) is 0. The van der Waals surface area contributed by atoms with E-state index in [2.05, 4.69) is 22.3 Å². The molecule has 1 aliphatic heterocycles. The fraction of sp³-hybridized carbons (Fsp3) is 0.778. The van der Waals surface area contributed by atoms with E-state index in [0.29, 0.717) is 5.92 Å². The van der Waals surface area contributed by atoms with Gasteiger partial charge in [0.1, 0.15) is 12.2 Å². The van der Waals surface area contributed by atoms with Crippen LogP contribution in [0.1, 0.15) is 31.5 Å². The van der Waals surface area contributed by atoms with Crippen molar-refractivity contribution in [3.63, 3.8) is 0 Å². The third kappa shape index (κ3) is 1.72. The lowest BCUT2D eigenvalue weighted by molar-refractivity contribution is 0.425. The van der Waals surface area contributed by atoms with Crippen molar-refractivity contribution in [3.05, 3.63) is 12.2 Å². The highest BCUT2D eigenvalue weighted by molar-refractivity contribution is 4.97. The van der Waals surface area contributed by atoms with E-state index < -0.39 is 0 Å². The summed E-state index contributed by atoms with van der Waals surface area (Å²) in [5.74, 6) is 1.78. The smallest absolute Gasteiger partial charge is 0.138 e. The molecule has 13 heavy (non-hydrogen) atoms. The van der Waals surface area contributed by atoms with Crippen LogP contribution in [0.2, 0.25) is 0 Å². The topological polar surface area (TPSA) is 42.7 Å². The molecule has 1 N–H and O–H groups in total. The number of aromatic nitrogens is 3. The summed E-state index contributed by atoms with van der Waals surface area (Å²) in [4.78, 5) is 4.33. The van der Waals surface area contributed by atoms with Crippen molar-refractivity contribution in [3.8, 4) is 0 Å². The zero-order valence-corrected chi connectivity index (χ0v) is 8.03. The summed E-state index contributed by atoms with van der Waals surface area (Å²) in [5.41, 5.74) is 0. The first-order valence-electron chi connectivity index (χ1n) is 5.00. The summed E-state index contributed by atoms with van der Waals surface area (Å²) in [6.45, 7) is 5.26. The number of aryl methyl sites for hydroxylation is 1. The molecule has 1 aromatic rings. The van der Waals surface area contributed by atoms with Gasteiger partial charge in [-0.1, -0.05) is 0 Å². The molecular formula is C9H16N4. The van der Waals surface area contributed by atoms with E-state index >= 15 is 0 Å². The van der Waals surface area contributed by atoms with Gasteiger partial charge in [-0.15, -0.1) is 0 Å². The molecule has 0 radical (unpaired) electrons. The second-order valence-electron chi connectivity index (χ2n) is 3.46. The Bertz CT molecular complexity index is 262. The van der Waals surface area contributed by atoms with E-state index in [-0.39, 0.29) is 0 Å². The molecule has 4 heteroatoms. The van der Waals surface area contributed by atoms with E-state index in [0.717, 1.165) is 19.6 Å². The van der Waals surface area contributed by atoms with Crippen LogP contribution in [0.15, 0.2) is 6.33 Å². The molecule has 2 heterocycles. The first kappa shape index (κ1) is 8.69. The van der Waals surface area contributed by atoms with Crippen LogP contribution in [-0.4, -0.2) is 27.9 Å². The van der Waals surface area contributed by atoms with Crippen molar-refractivity contribution in [2.75, 3.05) is 13.1 Å². The fourth-order valence-corrected chi connectivity index (χ4v) is 1.91. The summed E-state index contributed by atoms with van der Waals surface area (Å²) in [5, 5.41) is 7.55. The molecule has 4 nitrogen and oxygen atoms in total. The van der Waals surface area contributed by atoms with Crippen LogP contribution in [0.5, 0.6) is 0 Å². The lowest BCUT2D eigenvalue weighted by Gasteiger charge is -2.21. The number of hydrogen-bond acceptors (Lipinski definition) is 3. The molecule has 0 amide bonds. The first-order chi connectivity index (χ1) is 6.42. The molecular weight excluding hydrogens is 164 g/mol. The Labute approximate surface area is 78.4 Å². The predicted molar refractivity (Wildman–Crippen MR) is 50.5 cm³/mol. The van der Waals surface area contributed by atoms with Crippen LogP contribution >= 0.6 is 0 Å². The Balaban J connectivity index is 2.13. The van der Waals surface area contributed by atoms with E-state index in [9.17, 15) is 0 Å². The lowest BCUT2D eigenvalue weighted by atomic mass is 9.97. The number of hydrogen-bond donors (Lipinski definition) is 1. The Morgan fingerprint density at radius 3 is 3.00 bits per heavy atom. The maximum atomic E-state index is 4.33. The first-order valence-corrected chi connectivity index (χ1v) is 5.00. The average molecular weight is 180 g/mol. The van der Waals surface area contributed by atoms with Gasteiger partial charge in [0.05, 0.1) is 0 Å². The predicted octanol–water partition coefficient (Wildman–Crippen LogP) is 0.765. The second-order valence-corrected chi connectivity index (χ2v) is 3.46. The highest BCUT2D eigenvalue weighted by atomic mass is 15.3. The van der Waals surface area contributed by atoms with Gasteiger partial charge in [0.2, 0.25) is 0 Å². The monoisotopic (exact) mass is 180 g/mol. The van der Waals surface area contributed by atoms with Gasteiger partial charge >= 0.3 is 0 Å². The third-order valence-electron chi connectivity index (χ3n) is 2.65. The SMILES string of the molecule is CCn1ncnc1C1CCNCC1. The van der Waals surface area contributed by atoms with Crippen molar-refractivity contribution in [1.82, 2.24) is 20.1 Å². The molecule has 0 saturated carbocycles. The zero-order valence-electron chi connectivity index (χ0n) is 8.03. The van der Waals surface area contributed by atoms with Gasteiger partial charge in [0.15, 0.2) is 0 Å². The number of nitrogens with one attached hydrogen (secondary N) is 1. The van der Waals surface area contributed by atoms with Crippen molar-refractivity contribution >= 4 is 0 Å². The quantitative estimate of drug-likeness (QED) is 0.731. The molecule has 1 saturated heterocycles. The van der Waals surface area contributed by atoms with Gasteiger partial charge in [-0.2, -0.15) is 5.10 Å². The van der Waals surface area contributed by atoms with E-state index in [1.165, 1.54) is 18.7 Å². The van der Waals surface area contributed by atoms with Crippen molar-refractivity contribution in [2.24, 2.45) is 0 Å². The molecule has 0 aliphatic carbocycles. The lowest BCUT2D eigenvalue weighted by Crippen LogP contribution is -2.28. The molecule has 0 aromatic carbocycles. The van der Waals surface area contributed by atoms with Gasteiger partial charge < -0.3 is 5.32 Å². The molecule has 2 rings (SSSR count). The highest BCUT2D eigenvalue weighted by Gasteiger charge is 2.19. The summed E-state index contributed by atoms with van der Waals surface area (Å²) >= 11 is 0. The number of piperidine rings is 1.